The molecule has 0 aliphatic heterocycles. The summed E-state index contributed by atoms with van der Waals surface area (Å²) in [6.07, 6.45) is 3.65. The minimum atomic E-state index is -0.317. The summed E-state index contributed by atoms with van der Waals surface area (Å²) in [7, 11) is 1.78. The molecule has 2 unspecified atom stereocenters. The highest BCUT2D eigenvalue weighted by molar-refractivity contribution is 5.99. The van der Waals surface area contributed by atoms with Crippen LogP contribution < -0.4 is 0 Å². The van der Waals surface area contributed by atoms with E-state index in [0.29, 0.717) is 29.5 Å². The minimum absolute atomic E-state index is 0.0979. The van der Waals surface area contributed by atoms with E-state index in [-0.39, 0.29) is 17.9 Å². The highest BCUT2D eigenvalue weighted by atomic mass is 16.4. The Labute approximate surface area is 141 Å². The summed E-state index contributed by atoms with van der Waals surface area (Å²) >= 11 is 0. The second-order valence-corrected chi connectivity index (χ2v) is 6.47. The van der Waals surface area contributed by atoms with E-state index in [1.807, 2.05) is 18.2 Å². The van der Waals surface area contributed by atoms with Gasteiger partial charge in [0.25, 0.3) is 5.91 Å². The molecular formula is C18H23N3O3. The van der Waals surface area contributed by atoms with Crippen molar-refractivity contribution in [3.8, 4) is 11.5 Å². The van der Waals surface area contributed by atoms with Gasteiger partial charge in [-0.1, -0.05) is 25.0 Å². The second kappa shape index (κ2) is 7.13. The van der Waals surface area contributed by atoms with Gasteiger partial charge in [-0.2, -0.15) is 0 Å². The van der Waals surface area contributed by atoms with Crippen LogP contribution in [0.2, 0.25) is 0 Å². The normalized spacial score (nSPS) is 20.8. The van der Waals surface area contributed by atoms with Crippen molar-refractivity contribution in [2.75, 3.05) is 13.6 Å². The maximum atomic E-state index is 12.9. The molecule has 0 spiro atoms. The van der Waals surface area contributed by atoms with Crippen LogP contribution >= 0.6 is 0 Å². The Balaban J connectivity index is 1.79. The molecule has 6 nitrogen and oxygen atoms in total. The number of rotatable bonds is 4. The van der Waals surface area contributed by atoms with Crippen molar-refractivity contribution in [1.82, 2.24) is 15.1 Å². The lowest BCUT2D eigenvalue weighted by atomic mass is 9.86. The molecule has 1 N–H and O–H groups in total. The second-order valence-electron chi connectivity index (χ2n) is 6.47. The Morgan fingerprint density at radius 3 is 2.75 bits per heavy atom. The fourth-order valence-electron chi connectivity index (χ4n) is 3.30. The average molecular weight is 329 g/mol. The fourth-order valence-corrected chi connectivity index (χ4v) is 3.30. The number of benzene rings is 1. The van der Waals surface area contributed by atoms with E-state index in [9.17, 15) is 9.90 Å². The van der Waals surface area contributed by atoms with Crippen molar-refractivity contribution in [3.05, 3.63) is 35.7 Å². The van der Waals surface area contributed by atoms with Crippen molar-refractivity contribution in [2.45, 2.75) is 38.7 Å². The number of aliphatic hydroxyl groups is 1. The standard InChI is InChI=1S/C18H23N3O3/c1-12-19-20-17(24-12)14-8-4-5-9-15(14)18(23)21(2)11-13-7-3-6-10-16(13)22/h4-5,8-9,13,16,22H,3,6-7,10-11H2,1-2H3. The smallest absolute Gasteiger partial charge is 0.254 e. The molecule has 3 rings (SSSR count). The van der Waals surface area contributed by atoms with Gasteiger partial charge in [0.1, 0.15) is 0 Å². The van der Waals surface area contributed by atoms with Gasteiger partial charge in [0, 0.05) is 26.4 Å². The first-order chi connectivity index (χ1) is 11.6. The van der Waals surface area contributed by atoms with Crippen molar-refractivity contribution in [2.24, 2.45) is 5.92 Å². The maximum Gasteiger partial charge on any atom is 0.254 e. The van der Waals surface area contributed by atoms with Crippen molar-refractivity contribution < 1.29 is 14.3 Å². The zero-order valence-corrected chi connectivity index (χ0v) is 14.1. The van der Waals surface area contributed by atoms with Gasteiger partial charge in [0.05, 0.1) is 17.2 Å². The zero-order valence-electron chi connectivity index (χ0n) is 14.1. The molecule has 1 aliphatic rings. The number of carbonyl (C=O) groups is 1. The molecule has 2 aromatic rings. The van der Waals surface area contributed by atoms with Gasteiger partial charge in [0.15, 0.2) is 0 Å². The Hall–Kier alpha value is -2.21. The first-order valence-corrected chi connectivity index (χ1v) is 8.39. The number of aliphatic hydroxyl groups excluding tert-OH is 1. The molecule has 2 atom stereocenters. The summed E-state index contributed by atoms with van der Waals surface area (Å²) in [5.74, 6) is 0.859. The van der Waals surface area contributed by atoms with Crippen LogP contribution in [-0.2, 0) is 0 Å². The molecule has 1 fully saturated rings. The molecule has 1 aromatic heterocycles. The van der Waals surface area contributed by atoms with Gasteiger partial charge in [-0.15, -0.1) is 10.2 Å². The molecule has 1 aliphatic carbocycles. The number of amides is 1. The summed E-state index contributed by atoms with van der Waals surface area (Å²) in [5.41, 5.74) is 1.17. The predicted molar refractivity (Wildman–Crippen MR) is 89.4 cm³/mol. The van der Waals surface area contributed by atoms with Crippen LogP contribution in [0.25, 0.3) is 11.5 Å². The van der Waals surface area contributed by atoms with Crippen molar-refractivity contribution >= 4 is 5.91 Å². The first kappa shape index (κ1) is 16.6. The quantitative estimate of drug-likeness (QED) is 0.933. The number of hydrogen-bond donors (Lipinski definition) is 1. The Kier molecular flexibility index (Phi) is 4.94. The summed E-state index contributed by atoms with van der Waals surface area (Å²) in [5, 5.41) is 18.0. The van der Waals surface area contributed by atoms with E-state index in [4.69, 9.17) is 4.42 Å². The molecule has 0 radical (unpaired) electrons. The maximum absolute atomic E-state index is 12.9. The number of carbonyl (C=O) groups excluding carboxylic acids is 1. The van der Waals surface area contributed by atoms with E-state index < -0.39 is 0 Å². The summed E-state index contributed by atoms with van der Waals surface area (Å²) in [6, 6.07) is 7.24. The predicted octanol–water partition coefficient (Wildman–Crippen LogP) is 2.67. The average Bonchev–Trinajstić information content (AvgIpc) is 3.02. The van der Waals surface area contributed by atoms with Crippen LogP contribution in [-0.4, -0.2) is 45.8 Å². The van der Waals surface area contributed by atoms with Gasteiger partial charge in [-0.05, 0) is 25.0 Å². The molecule has 1 saturated carbocycles. The van der Waals surface area contributed by atoms with Gasteiger partial charge in [0.2, 0.25) is 11.8 Å². The molecule has 0 saturated heterocycles. The van der Waals surface area contributed by atoms with Crippen molar-refractivity contribution in [3.63, 3.8) is 0 Å². The third kappa shape index (κ3) is 3.48. The third-order valence-corrected chi connectivity index (χ3v) is 4.64. The largest absolute Gasteiger partial charge is 0.421 e. The van der Waals surface area contributed by atoms with Gasteiger partial charge < -0.3 is 14.4 Å². The fraction of sp³-hybridized carbons (Fsp3) is 0.500. The third-order valence-electron chi connectivity index (χ3n) is 4.64. The lowest BCUT2D eigenvalue weighted by Gasteiger charge is -2.31. The van der Waals surface area contributed by atoms with Crippen molar-refractivity contribution in [1.29, 1.82) is 0 Å². The number of nitrogens with zero attached hydrogens (tertiary/aromatic N) is 3. The van der Waals surface area contributed by atoms with E-state index in [1.54, 1.807) is 24.9 Å². The van der Waals surface area contributed by atoms with E-state index in [2.05, 4.69) is 10.2 Å². The molecular weight excluding hydrogens is 306 g/mol. The van der Waals surface area contributed by atoms with Crippen LogP contribution in [0, 0.1) is 12.8 Å². The minimum Gasteiger partial charge on any atom is -0.421 e. The molecule has 6 heteroatoms. The number of hydrogen-bond acceptors (Lipinski definition) is 5. The number of aryl methyl sites for hydroxylation is 1. The molecule has 24 heavy (non-hydrogen) atoms. The van der Waals surface area contributed by atoms with Crippen LogP contribution in [0.5, 0.6) is 0 Å². The SMILES string of the molecule is Cc1nnc(-c2ccccc2C(=O)N(C)CC2CCCCC2O)o1. The summed E-state index contributed by atoms with van der Waals surface area (Å²) < 4.78 is 5.47. The molecule has 1 heterocycles. The Morgan fingerprint density at radius 2 is 2.04 bits per heavy atom. The van der Waals surface area contributed by atoms with E-state index >= 15 is 0 Å². The summed E-state index contributed by atoms with van der Waals surface area (Å²) in [6.45, 7) is 2.27. The van der Waals surface area contributed by atoms with Crippen LogP contribution in [0.1, 0.15) is 41.9 Å². The van der Waals surface area contributed by atoms with Crippen LogP contribution in [0.3, 0.4) is 0 Å². The van der Waals surface area contributed by atoms with E-state index in [1.165, 1.54) is 0 Å². The molecule has 128 valence electrons. The first-order valence-electron chi connectivity index (χ1n) is 8.39. The highest BCUT2D eigenvalue weighted by Gasteiger charge is 2.27. The number of aromatic nitrogens is 2. The Morgan fingerprint density at radius 1 is 1.29 bits per heavy atom. The molecule has 1 amide bonds. The highest BCUT2D eigenvalue weighted by Crippen LogP contribution is 2.27. The van der Waals surface area contributed by atoms with Crippen LogP contribution in [0.15, 0.2) is 28.7 Å². The summed E-state index contributed by atoms with van der Waals surface area (Å²) in [4.78, 5) is 14.6. The lowest BCUT2D eigenvalue weighted by molar-refractivity contribution is 0.0451. The van der Waals surface area contributed by atoms with Gasteiger partial charge >= 0.3 is 0 Å². The molecule has 0 bridgehead atoms. The molecule has 1 aromatic carbocycles. The lowest BCUT2D eigenvalue weighted by Crippen LogP contribution is -2.38. The van der Waals surface area contributed by atoms with E-state index in [0.717, 1.165) is 25.7 Å². The van der Waals surface area contributed by atoms with Gasteiger partial charge in [-0.25, -0.2) is 0 Å². The topological polar surface area (TPSA) is 79.5 Å². The Bertz CT molecular complexity index is 713. The monoisotopic (exact) mass is 329 g/mol. The van der Waals surface area contributed by atoms with Crippen LogP contribution in [0.4, 0.5) is 0 Å². The zero-order chi connectivity index (χ0) is 17.1. The van der Waals surface area contributed by atoms with Gasteiger partial charge in [-0.3, -0.25) is 4.79 Å².